The van der Waals surface area contributed by atoms with Crippen molar-refractivity contribution < 1.29 is 15.0 Å². The number of amides is 1. The van der Waals surface area contributed by atoms with E-state index in [0.717, 1.165) is 6.42 Å². The molecule has 0 aliphatic rings. The number of benzene rings is 1. The molecule has 0 saturated carbocycles. The molecule has 0 spiro atoms. The van der Waals surface area contributed by atoms with Crippen molar-refractivity contribution in [3.05, 3.63) is 23.8 Å². The van der Waals surface area contributed by atoms with E-state index in [-0.39, 0.29) is 21.9 Å². The molecule has 1 rings (SSSR count). The summed E-state index contributed by atoms with van der Waals surface area (Å²) >= 11 is 3.38. The van der Waals surface area contributed by atoms with Gasteiger partial charge in [-0.25, -0.2) is 0 Å². The van der Waals surface area contributed by atoms with E-state index in [4.69, 9.17) is 0 Å². The number of carbonyl (C=O) groups excluding carboxylic acids is 1. The lowest BCUT2D eigenvalue weighted by Crippen LogP contribution is -2.29. The largest absolute Gasteiger partial charge is 0.507 e. The highest BCUT2D eigenvalue weighted by molar-refractivity contribution is 9.09. The molecule has 1 unspecified atom stereocenters. The molecule has 0 bridgehead atoms. The van der Waals surface area contributed by atoms with E-state index in [0.29, 0.717) is 6.54 Å². The van der Waals surface area contributed by atoms with Crippen LogP contribution in [0.3, 0.4) is 0 Å². The summed E-state index contributed by atoms with van der Waals surface area (Å²) in [7, 11) is 0. The summed E-state index contributed by atoms with van der Waals surface area (Å²) in [4.78, 5) is 11.8. The standard InChI is InChI=1S/C11H14BrNO3/c1-2-7(12)6-13-11(16)10-8(14)4-3-5-9(10)15/h3-5,7,14-15H,2,6H2,1H3,(H,13,16). The van der Waals surface area contributed by atoms with Crippen LogP contribution in [0.2, 0.25) is 0 Å². The van der Waals surface area contributed by atoms with Crippen LogP contribution in [0.5, 0.6) is 11.5 Å². The van der Waals surface area contributed by atoms with Gasteiger partial charge in [-0.15, -0.1) is 0 Å². The van der Waals surface area contributed by atoms with Crippen molar-refractivity contribution in [2.24, 2.45) is 0 Å². The van der Waals surface area contributed by atoms with E-state index >= 15 is 0 Å². The summed E-state index contributed by atoms with van der Waals surface area (Å²) in [6.45, 7) is 2.44. The zero-order valence-corrected chi connectivity index (χ0v) is 10.5. The number of phenolic OH excluding ortho intramolecular Hbond substituents is 2. The average Bonchev–Trinajstić information content (AvgIpc) is 2.25. The molecule has 0 aliphatic carbocycles. The molecular weight excluding hydrogens is 274 g/mol. The molecule has 0 saturated heterocycles. The highest BCUT2D eigenvalue weighted by Gasteiger charge is 2.16. The SMILES string of the molecule is CCC(Br)CNC(=O)c1c(O)cccc1O. The van der Waals surface area contributed by atoms with Crippen LogP contribution in [-0.4, -0.2) is 27.5 Å². The molecule has 1 atom stereocenters. The molecule has 88 valence electrons. The second kappa shape index (κ2) is 5.75. The number of phenols is 2. The fraction of sp³-hybridized carbons (Fsp3) is 0.364. The van der Waals surface area contributed by atoms with E-state index in [1.807, 2.05) is 6.92 Å². The summed E-state index contributed by atoms with van der Waals surface area (Å²) in [6.07, 6.45) is 0.882. The fourth-order valence-electron chi connectivity index (χ4n) is 1.20. The molecule has 1 aromatic carbocycles. The van der Waals surface area contributed by atoms with Crippen molar-refractivity contribution in [2.45, 2.75) is 18.2 Å². The fourth-order valence-corrected chi connectivity index (χ4v) is 1.36. The first-order valence-electron chi connectivity index (χ1n) is 4.99. The van der Waals surface area contributed by atoms with Gasteiger partial charge in [0.05, 0.1) is 0 Å². The Labute approximate surface area is 102 Å². The Morgan fingerprint density at radius 3 is 2.50 bits per heavy atom. The molecule has 1 amide bonds. The molecule has 1 aromatic rings. The number of rotatable bonds is 4. The van der Waals surface area contributed by atoms with Crippen molar-refractivity contribution >= 4 is 21.8 Å². The molecule has 3 N–H and O–H groups in total. The number of carbonyl (C=O) groups is 1. The van der Waals surface area contributed by atoms with Crippen LogP contribution < -0.4 is 5.32 Å². The highest BCUT2D eigenvalue weighted by Crippen LogP contribution is 2.25. The van der Waals surface area contributed by atoms with Crippen LogP contribution in [0.4, 0.5) is 0 Å². The van der Waals surface area contributed by atoms with E-state index in [9.17, 15) is 15.0 Å². The summed E-state index contributed by atoms with van der Waals surface area (Å²) < 4.78 is 0. The maximum absolute atomic E-state index is 11.7. The number of aromatic hydroxyl groups is 2. The second-order valence-corrected chi connectivity index (χ2v) is 4.68. The lowest BCUT2D eigenvalue weighted by atomic mass is 10.1. The lowest BCUT2D eigenvalue weighted by molar-refractivity contribution is 0.0948. The van der Waals surface area contributed by atoms with E-state index in [2.05, 4.69) is 21.2 Å². The van der Waals surface area contributed by atoms with Gasteiger partial charge >= 0.3 is 0 Å². The summed E-state index contributed by atoms with van der Waals surface area (Å²) in [5.74, 6) is -0.922. The van der Waals surface area contributed by atoms with Crippen LogP contribution in [0.1, 0.15) is 23.7 Å². The van der Waals surface area contributed by atoms with Crippen molar-refractivity contribution in [1.82, 2.24) is 5.32 Å². The first kappa shape index (κ1) is 12.8. The van der Waals surface area contributed by atoms with Crippen molar-refractivity contribution in [3.8, 4) is 11.5 Å². The number of hydrogen-bond donors (Lipinski definition) is 3. The predicted molar refractivity (Wildman–Crippen MR) is 65.1 cm³/mol. The van der Waals surface area contributed by atoms with Gasteiger partial charge in [0.1, 0.15) is 17.1 Å². The normalized spacial score (nSPS) is 12.1. The van der Waals surface area contributed by atoms with Crippen LogP contribution in [0, 0.1) is 0 Å². The Bertz CT molecular complexity index is 361. The quantitative estimate of drug-likeness (QED) is 0.742. The van der Waals surface area contributed by atoms with Crippen LogP contribution in [0.15, 0.2) is 18.2 Å². The first-order valence-corrected chi connectivity index (χ1v) is 5.91. The van der Waals surface area contributed by atoms with E-state index in [1.165, 1.54) is 18.2 Å². The van der Waals surface area contributed by atoms with E-state index in [1.54, 1.807) is 0 Å². The molecule has 0 aromatic heterocycles. The third-order valence-corrected chi connectivity index (χ3v) is 3.15. The molecule has 0 radical (unpaired) electrons. The topological polar surface area (TPSA) is 69.6 Å². The van der Waals surface area contributed by atoms with Gasteiger partial charge in [0, 0.05) is 11.4 Å². The van der Waals surface area contributed by atoms with Gasteiger partial charge in [-0.1, -0.05) is 28.9 Å². The number of alkyl halides is 1. The van der Waals surface area contributed by atoms with Crippen LogP contribution >= 0.6 is 15.9 Å². The Kier molecular flexibility index (Phi) is 4.61. The Morgan fingerprint density at radius 2 is 2.00 bits per heavy atom. The Hall–Kier alpha value is -1.23. The minimum absolute atomic E-state index is 0.0849. The van der Waals surface area contributed by atoms with Gasteiger partial charge in [0.25, 0.3) is 5.91 Å². The number of halogens is 1. The lowest BCUT2D eigenvalue weighted by Gasteiger charge is -2.10. The van der Waals surface area contributed by atoms with Crippen molar-refractivity contribution in [1.29, 1.82) is 0 Å². The first-order chi connectivity index (χ1) is 7.56. The zero-order chi connectivity index (χ0) is 12.1. The van der Waals surface area contributed by atoms with Gasteiger partial charge < -0.3 is 15.5 Å². The maximum atomic E-state index is 11.7. The third-order valence-electron chi connectivity index (χ3n) is 2.17. The summed E-state index contributed by atoms with van der Waals surface area (Å²) in [5.41, 5.74) is -0.0849. The second-order valence-electron chi connectivity index (χ2n) is 3.39. The molecule has 0 fully saturated rings. The van der Waals surface area contributed by atoms with Gasteiger partial charge in [-0.05, 0) is 18.6 Å². The smallest absolute Gasteiger partial charge is 0.258 e. The average molecular weight is 288 g/mol. The number of hydrogen-bond acceptors (Lipinski definition) is 3. The molecular formula is C11H14BrNO3. The minimum atomic E-state index is -0.478. The molecule has 5 heteroatoms. The van der Waals surface area contributed by atoms with Gasteiger partial charge in [0.2, 0.25) is 0 Å². The Balaban J connectivity index is 2.73. The Morgan fingerprint density at radius 1 is 1.44 bits per heavy atom. The van der Waals surface area contributed by atoms with Gasteiger partial charge in [-0.2, -0.15) is 0 Å². The van der Waals surface area contributed by atoms with Crippen molar-refractivity contribution in [3.63, 3.8) is 0 Å². The summed E-state index contributed by atoms with van der Waals surface area (Å²) in [6, 6.07) is 4.20. The van der Waals surface area contributed by atoms with Crippen LogP contribution in [-0.2, 0) is 0 Å². The maximum Gasteiger partial charge on any atom is 0.258 e. The molecule has 16 heavy (non-hydrogen) atoms. The summed E-state index contributed by atoms with van der Waals surface area (Å²) in [5, 5.41) is 21.5. The zero-order valence-electron chi connectivity index (χ0n) is 8.90. The molecule has 0 aliphatic heterocycles. The van der Waals surface area contributed by atoms with E-state index < -0.39 is 5.91 Å². The monoisotopic (exact) mass is 287 g/mol. The van der Waals surface area contributed by atoms with Gasteiger partial charge in [-0.3, -0.25) is 4.79 Å². The molecule has 0 heterocycles. The minimum Gasteiger partial charge on any atom is -0.507 e. The van der Waals surface area contributed by atoms with Crippen LogP contribution in [0.25, 0.3) is 0 Å². The highest BCUT2D eigenvalue weighted by atomic mass is 79.9. The van der Waals surface area contributed by atoms with Gasteiger partial charge in [0.15, 0.2) is 0 Å². The number of nitrogens with one attached hydrogen (secondary N) is 1. The van der Waals surface area contributed by atoms with Crippen molar-refractivity contribution in [2.75, 3.05) is 6.54 Å². The predicted octanol–water partition coefficient (Wildman–Crippen LogP) is 2.00. The third kappa shape index (κ3) is 3.13. The molecule has 4 nitrogen and oxygen atoms in total.